The highest BCUT2D eigenvalue weighted by molar-refractivity contribution is 7.89. The fraction of sp³-hybridized carbons (Fsp3) is 0.656. The summed E-state index contributed by atoms with van der Waals surface area (Å²) in [6.07, 6.45) is 13.3. The van der Waals surface area contributed by atoms with Gasteiger partial charge in [-0.1, -0.05) is 66.9 Å². The zero-order valence-electron chi connectivity index (χ0n) is 26.1. The molecule has 1 aliphatic carbocycles. The van der Waals surface area contributed by atoms with Crippen LogP contribution in [0.1, 0.15) is 118 Å². The van der Waals surface area contributed by atoms with Crippen molar-refractivity contribution in [2.45, 2.75) is 103 Å². The van der Waals surface area contributed by atoms with Crippen LogP contribution in [0.3, 0.4) is 0 Å². The second-order valence-corrected chi connectivity index (χ2v) is 13.9. The molecule has 0 bridgehead atoms. The molecule has 1 saturated heterocycles. The summed E-state index contributed by atoms with van der Waals surface area (Å²) in [6, 6.07) is 5.33. The van der Waals surface area contributed by atoms with Crippen molar-refractivity contribution in [1.82, 2.24) is 19.7 Å². The van der Waals surface area contributed by atoms with E-state index in [1.165, 1.54) is 44.8 Å². The van der Waals surface area contributed by atoms with E-state index in [1.54, 1.807) is 20.1 Å². The van der Waals surface area contributed by atoms with E-state index in [2.05, 4.69) is 15.2 Å². The van der Waals surface area contributed by atoms with Gasteiger partial charge in [0.05, 0.1) is 18.9 Å². The molecule has 2 amide bonds. The third kappa shape index (κ3) is 9.26. The van der Waals surface area contributed by atoms with Gasteiger partial charge in [-0.2, -0.15) is 0 Å². The number of carbonyl (C=O) groups is 2. The Morgan fingerprint density at radius 3 is 2.68 bits per heavy atom. The summed E-state index contributed by atoms with van der Waals surface area (Å²) in [5, 5.41) is 2.97. The summed E-state index contributed by atoms with van der Waals surface area (Å²) in [4.78, 5) is 31.8. The monoisotopic (exact) mass is 634 g/mol. The SMILES string of the molecule is CCCS(=O)(=O)N(F)C(=O)CCc1ccc(OC)cc1CN1CCC[C@H]1c1nc(C(=O)NCCCCC2CCCCC2)co1. The molecule has 0 spiro atoms. The van der Waals surface area contributed by atoms with Crippen LogP contribution in [0.4, 0.5) is 4.48 Å². The Kier molecular flexibility index (Phi) is 12.6. The van der Waals surface area contributed by atoms with Crippen LogP contribution in [0.25, 0.3) is 0 Å². The van der Waals surface area contributed by atoms with Crippen LogP contribution in [-0.4, -0.2) is 60.6 Å². The highest BCUT2D eigenvalue weighted by Gasteiger charge is 2.32. The molecule has 12 heteroatoms. The number of aromatic nitrogens is 1. The second kappa shape index (κ2) is 16.4. The molecule has 2 heterocycles. The number of methoxy groups -OCH3 is 1. The first-order valence-electron chi connectivity index (χ1n) is 16.1. The summed E-state index contributed by atoms with van der Waals surface area (Å²) >= 11 is 0. The Labute approximate surface area is 260 Å². The Morgan fingerprint density at radius 2 is 1.93 bits per heavy atom. The van der Waals surface area contributed by atoms with Crippen molar-refractivity contribution in [3.8, 4) is 5.75 Å². The number of oxazole rings is 1. The van der Waals surface area contributed by atoms with E-state index in [0.29, 0.717) is 24.7 Å². The van der Waals surface area contributed by atoms with E-state index in [-0.39, 0.29) is 36.9 Å². The Balaban J connectivity index is 1.33. The van der Waals surface area contributed by atoms with Crippen molar-refractivity contribution >= 4 is 21.8 Å². The predicted octanol–water partition coefficient (Wildman–Crippen LogP) is 5.89. The number of ether oxygens (including phenoxy) is 1. The molecule has 10 nitrogen and oxygen atoms in total. The minimum absolute atomic E-state index is 0.131. The van der Waals surface area contributed by atoms with Crippen LogP contribution >= 0.6 is 0 Å². The average Bonchev–Trinajstić information content (AvgIpc) is 3.70. The first-order chi connectivity index (χ1) is 21.2. The van der Waals surface area contributed by atoms with Gasteiger partial charge in [0, 0.05) is 19.5 Å². The quantitative estimate of drug-likeness (QED) is 0.179. The molecular weight excluding hydrogens is 587 g/mol. The van der Waals surface area contributed by atoms with Gasteiger partial charge in [-0.05, 0) is 67.8 Å². The van der Waals surface area contributed by atoms with Crippen molar-refractivity contribution < 1.29 is 31.6 Å². The van der Waals surface area contributed by atoms with Crippen molar-refractivity contribution in [2.24, 2.45) is 5.92 Å². The topological polar surface area (TPSA) is 122 Å². The molecule has 4 rings (SSSR count). The zero-order chi connectivity index (χ0) is 31.5. The predicted molar refractivity (Wildman–Crippen MR) is 165 cm³/mol. The lowest BCUT2D eigenvalue weighted by molar-refractivity contribution is -0.135. The number of sulfonamides is 1. The van der Waals surface area contributed by atoms with Gasteiger partial charge in [0.25, 0.3) is 21.8 Å². The minimum Gasteiger partial charge on any atom is -0.497 e. The Hall–Kier alpha value is -2.99. The molecule has 2 fully saturated rings. The lowest BCUT2D eigenvalue weighted by atomic mass is 9.86. The molecule has 2 aromatic rings. The number of carbonyl (C=O) groups excluding carboxylic acids is 2. The number of hydrogen-bond acceptors (Lipinski definition) is 8. The minimum atomic E-state index is -4.27. The smallest absolute Gasteiger partial charge is 0.273 e. The number of nitrogens with one attached hydrogen (secondary N) is 1. The maximum absolute atomic E-state index is 14.3. The number of likely N-dealkylation sites (tertiary alicyclic amines) is 1. The largest absolute Gasteiger partial charge is 0.497 e. The van der Waals surface area contributed by atoms with Crippen molar-refractivity contribution in [3.05, 3.63) is 47.2 Å². The highest BCUT2D eigenvalue weighted by atomic mass is 32.2. The van der Waals surface area contributed by atoms with E-state index < -0.39 is 26.2 Å². The molecule has 1 N–H and O–H groups in total. The summed E-state index contributed by atoms with van der Waals surface area (Å²) in [5.74, 6) is 0.219. The molecule has 1 aliphatic heterocycles. The fourth-order valence-electron chi connectivity index (χ4n) is 6.33. The molecule has 1 atom stereocenters. The molecule has 1 aromatic carbocycles. The number of nitrogens with zero attached hydrogens (tertiary/aromatic N) is 3. The van der Waals surface area contributed by atoms with Crippen LogP contribution in [0.5, 0.6) is 5.75 Å². The Morgan fingerprint density at radius 1 is 1.14 bits per heavy atom. The first-order valence-corrected chi connectivity index (χ1v) is 17.7. The molecule has 0 radical (unpaired) electrons. The lowest BCUT2D eigenvalue weighted by Gasteiger charge is -2.24. The third-order valence-corrected chi connectivity index (χ3v) is 10.4. The molecule has 1 saturated carbocycles. The van der Waals surface area contributed by atoms with Gasteiger partial charge < -0.3 is 14.5 Å². The van der Waals surface area contributed by atoms with Gasteiger partial charge in [-0.3, -0.25) is 14.5 Å². The molecule has 44 heavy (non-hydrogen) atoms. The number of rotatable bonds is 16. The van der Waals surface area contributed by atoms with Crippen molar-refractivity contribution in [3.63, 3.8) is 0 Å². The number of unbranched alkanes of at least 4 members (excludes halogenated alkanes) is 1. The number of amides is 2. The van der Waals surface area contributed by atoms with E-state index >= 15 is 0 Å². The van der Waals surface area contributed by atoms with Gasteiger partial charge in [0.2, 0.25) is 5.89 Å². The number of halogens is 1. The van der Waals surface area contributed by atoms with Gasteiger partial charge in [0.15, 0.2) is 5.69 Å². The van der Waals surface area contributed by atoms with Gasteiger partial charge in [-0.25, -0.2) is 13.4 Å². The van der Waals surface area contributed by atoms with Crippen LogP contribution in [0, 0.1) is 5.92 Å². The zero-order valence-corrected chi connectivity index (χ0v) is 26.9. The van der Waals surface area contributed by atoms with Crippen molar-refractivity contribution in [1.29, 1.82) is 0 Å². The fourth-order valence-corrected chi connectivity index (χ4v) is 7.41. The maximum Gasteiger partial charge on any atom is 0.273 e. The van der Waals surface area contributed by atoms with E-state index in [0.717, 1.165) is 49.3 Å². The normalized spacial score (nSPS) is 17.9. The van der Waals surface area contributed by atoms with E-state index in [1.807, 2.05) is 12.1 Å². The van der Waals surface area contributed by atoms with Crippen LogP contribution in [0.15, 0.2) is 28.9 Å². The third-order valence-electron chi connectivity index (χ3n) is 8.75. The molecule has 2 aliphatic rings. The number of aryl methyl sites for hydroxylation is 1. The van der Waals surface area contributed by atoms with Crippen LogP contribution in [-0.2, 0) is 27.8 Å². The van der Waals surface area contributed by atoms with Crippen LogP contribution < -0.4 is 10.1 Å². The molecule has 1 aromatic heterocycles. The van der Waals surface area contributed by atoms with Gasteiger partial charge >= 0.3 is 0 Å². The van der Waals surface area contributed by atoms with Crippen molar-refractivity contribution in [2.75, 3.05) is 26.0 Å². The lowest BCUT2D eigenvalue weighted by Crippen LogP contribution is -2.31. The second-order valence-electron chi connectivity index (χ2n) is 12.0. The van der Waals surface area contributed by atoms with Crippen LogP contribution in [0.2, 0.25) is 0 Å². The molecule has 244 valence electrons. The number of hydrogen-bond donors (Lipinski definition) is 1. The summed E-state index contributed by atoms with van der Waals surface area (Å²) in [7, 11) is -2.70. The first kappa shape index (κ1) is 33.9. The average molecular weight is 635 g/mol. The van der Waals surface area contributed by atoms with E-state index in [4.69, 9.17) is 9.15 Å². The standard InChI is InChI=1S/C32H47FN4O6S/c1-3-20-44(40,41)37(33)30(38)17-15-25-14-16-27(42-2)21-26(25)22-36-19-9-13-29(36)32-35-28(23-43-32)31(39)34-18-8-7-12-24-10-5-4-6-11-24/h14,16,21,23-24,29H,3-13,15,17-20,22H2,1-2H3,(H,34,39)/t29-/m0/s1. The van der Waals surface area contributed by atoms with Gasteiger partial charge in [0.1, 0.15) is 12.0 Å². The number of benzene rings is 1. The molecular formula is C32H47FN4O6S. The highest BCUT2D eigenvalue weighted by Crippen LogP contribution is 2.34. The Bertz CT molecular complexity index is 1340. The maximum atomic E-state index is 14.3. The van der Waals surface area contributed by atoms with E-state index in [9.17, 15) is 22.5 Å². The molecule has 0 unspecified atom stereocenters. The van der Waals surface area contributed by atoms with Gasteiger partial charge in [-0.15, -0.1) is 0 Å². The summed E-state index contributed by atoms with van der Waals surface area (Å²) < 4.78 is 48.9. The summed E-state index contributed by atoms with van der Waals surface area (Å²) in [6.45, 7) is 3.50. The summed E-state index contributed by atoms with van der Waals surface area (Å²) in [5.41, 5.74) is 1.94.